The monoisotopic (exact) mass is 338 g/mol. The first kappa shape index (κ1) is 23.8. The summed E-state index contributed by atoms with van der Waals surface area (Å²) in [6, 6.07) is 5.82. The maximum absolute atomic E-state index is 11.6. The Kier molecular flexibility index (Phi) is 16.8. The molecule has 0 fully saturated rings. The lowest BCUT2D eigenvalue weighted by Crippen LogP contribution is -2.15. The molecular formula is C18H26O6. The molecule has 0 spiro atoms. The Balaban J connectivity index is 0. The summed E-state index contributed by atoms with van der Waals surface area (Å²) in [5, 5.41) is 17.3. The zero-order chi connectivity index (χ0) is 18.8. The highest BCUT2D eigenvalue weighted by Crippen LogP contribution is 2.10. The molecule has 1 aromatic carbocycles. The number of carboxylic acid groups (broad SMARTS) is 1. The van der Waals surface area contributed by atoms with Crippen molar-refractivity contribution in [1.29, 1.82) is 0 Å². The summed E-state index contributed by atoms with van der Waals surface area (Å²) in [5.41, 5.74) is -0.0917. The van der Waals surface area contributed by atoms with Crippen LogP contribution in [0.2, 0.25) is 0 Å². The molecule has 134 valence electrons. The van der Waals surface area contributed by atoms with E-state index in [1.807, 2.05) is 13.8 Å². The highest BCUT2D eigenvalue weighted by Gasteiger charge is 2.16. The number of aliphatic hydroxyl groups excluding tert-OH is 1. The number of esters is 1. The maximum atomic E-state index is 11.6. The molecule has 0 saturated carbocycles. The number of carbonyl (C=O) groups is 2. The van der Waals surface area contributed by atoms with Crippen LogP contribution in [0.25, 0.3) is 0 Å². The second kappa shape index (κ2) is 16.9. The molecule has 1 rings (SSSR count). The Morgan fingerprint density at radius 1 is 1.04 bits per heavy atom. The van der Waals surface area contributed by atoms with Gasteiger partial charge in [0.2, 0.25) is 0 Å². The molecule has 0 aliphatic heterocycles. The van der Waals surface area contributed by atoms with Crippen molar-refractivity contribution in [3.8, 4) is 0 Å². The summed E-state index contributed by atoms with van der Waals surface area (Å²) in [6.45, 7) is 10.7. The van der Waals surface area contributed by atoms with Crippen molar-refractivity contribution < 1.29 is 29.3 Å². The Bertz CT molecular complexity index is 490. The van der Waals surface area contributed by atoms with Crippen molar-refractivity contribution in [2.75, 3.05) is 26.4 Å². The Morgan fingerprint density at radius 3 is 2.00 bits per heavy atom. The molecule has 0 bridgehead atoms. The van der Waals surface area contributed by atoms with Crippen LogP contribution < -0.4 is 0 Å². The van der Waals surface area contributed by atoms with Crippen molar-refractivity contribution in [1.82, 2.24) is 0 Å². The topological polar surface area (TPSA) is 93.1 Å². The molecule has 0 aliphatic rings. The number of hydrogen-bond acceptors (Lipinski definition) is 5. The molecule has 0 amide bonds. The van der Waals surface area contributed by atoms with Gasteiger partial charge in [0, 0.05) is 0 Å². The van der Waals surface area contributed by atoms with Crippen LogP contribution in [0.1, 0.15) is 34.6 Å². The van der Waals surface area contributed by atoms with E-state index in [0.717, 1.165) is 0 Å². The Morgan fingerprint density at radius 2 is 1.54 bits per heavy atom. The third kappa shape index (κ3) is 12.1. The van der Waals surface area contributed by atoms with E-state index in [-0.39, 0.29) is 37.6 Å². The van der Waals surface area contributed by atoms with Gasteiger partial charge in [-0.15, -0.1) is 13.2 Å². The zero-order valence-electron chi connectivity index (χ0n) is 14.2. The molecule has 24 heavy (non-hydrogen) atoms. The van der Waals surface area contributed by atoms with E-state index in [1.165, 1.54) is 18.2 Å². The van der Waals surface area contributed by atoms with Gasteiger partial charge in [0.25, 0.3) is 0 Å². The highest BCUT2D eigenvalue weighted by molar-refractivity contribution is 6.02. The van der Waals surface area contributed by atoms with Crippen molar-refractivity contribution in [3.63, 3.8) is 0 Å². The van der Waals surface area contributed by atoms with E-state index >= 15 is 0 Å². The van der Waals surface area contributed by atoms with E-state index in [1.54, 1.807) is 18.2 Å². The van der Waals surface area contributed by atoms with Crippen molar-refractivity contribution in [2.45, 2.75) is 13.8 Å². The Hall–Kier alpha value is -2.44. The molecule has 6 nitrogen and oxygen atoms in total. The number of benzene rings is 1. The van der Waals surface area contributed by atoms with Crippen LogP contribution in [0.5, 0.6) is 0 Å². The third-order valence-electron chi connectivity index (χ3n) is 2.07. The number of carbonyl (C=O) groups excluding carboxylic acids is 1. The molecule has 0 aromatic heterocycles. The first-order valence-corrected chi connectivity index (χ1v) is 7.32. The van der Waals surface area contributed by atoms with Gasteiger partial charge in [-0.05, 0) is 26.0 Å². The van der Waals surface area contributed by atoms with E-state index in [0.29, 0.717) is 0 Å². The van der Waals surface area contributed by atoms with Crippen LogP contribution in [0, 0.1) is 0 Å². The number of ether oxygens (including phenoxy) is 2. The van der Waals surface area contributed by atoms with Gasteiger partial charge < -0.3 is 19.7 Å². The molecule has 0 heterocycles. The SMILES string of the molecule is C=CC.C=CC.O=C(O)c1ccccc1C(=O)OCCOCCO. The molecule has 0 saturated heterocycles. The van der Waals surface area contributed by atoms with Crippen LogP contribution >= 0.6 is 0 Å². The zero-order valence-corrected chi connectivity index (χ0v) is 14.2. The molecule has 0 aliphatic carbocycles. The minimum absolute atomic E-state index is 0.00663. The molecule has 0 unspecified atom stereocenters. The summed E-state index contributed by atoms with van der Waals surface area (Å²) in [7, 11) is 0. The fraction of sp³-hybridized carbons (Fsp3) is 0.333. The van der Waals surface area contributed by atoms with Crippen LogP contribution in [-0.4, -0.2) is 48.6 Å². The summed E-state index contributed by atoms with van der Waals surface area (Å²) in [6.07, 6.45) is 3.50. The molecule has 2 N–H and O–H groups in total. The lowest BCUT2D eigenvalue weighted by Gasteiger charge is -2.07. The van der Waals surface area contributed by atoms with Gasteiger partial charge in [0.1, 0.15) is 6.61 Å². The van der Waals surface area contributed by atoms with Gasteiger partial charge in [0.05, 0.1) is 30.9 Å². The number of allylic oxidation sites excluding steroid dienone is 2. The van der Waals surface area contributed by atoms with Gasteiger partial charge in [-0.2, -0.15) is 0 Å². The van der Waals surface area contributed by atoms with E-state index < -0.39 is 11.9 Å². The molecule has 0 atom stereocenters. The first-order chi connectivity index (χ1) is 11.5. The fourth-order valence-corrected chi connectivity index (χ4v) is 1.29. The summed E-state index contributed by atoms with van der Waals surface area (Å²) in [5.74, 6) is -1.89. The average Bonchev–Trinajstić information content (AvgIpc) is 2.56. The first-order valence-electron chi connectivity index (χ1n) is 7.32. The van der Waals surface area contributed by atoms with E-state index in [4.69, 9.17) is 19.7 Å². The van der Waals surface area contributed by atoms with Gasteiger partial charge >= 0.3 is 11.9 Å². The molecule has 6 heteroatoms. The number of rotatable bonds is 7. The van der Waals surface area contributed by atoms with Gasteiger partial charge in [-0.3, -0.25) is 0 Å². The second-order valence-corrected chi connectivity index (χ2v) is 4.14. The predicted octanol–water partition coefficient (Wildman–Crippen LogP) is 2.94. The van der Waals surface area contributed by atoms with E-state index in [2.05, 4.69) is 13.2 Å². The van der Waals surface area contributed by atoms with Crippen molar-refractivity contribution >= 4 is 11.9 Å². The minimum Gasteiger partial charge on any atom is -0.478 e. The van der Waals surface area contributed by atoms with Gasteiger partial charge in [-0.1, -0.05) is 24.3 Å². The number of carboxylic acids is 1. The number of aliphatic hydroxyl groups is 1. The van der Waals surface area contributed by atoms with Crippen LogP contribution in [0.15, 0.2) is 49.6 Å². The van der Waals surface area contributed by atoms with Crippen LogP contribution in [0.3, 0.4) is 0 Å². The fourth-order valence-electron chi connectivity index (χ4n) is 1.29. The number of hydrogen-bond donors (Lipinski definition) is 2. The summed E-state index contributed by atoms with van der Waals surface area (Å²) >= 11 is 0. The second-order valence-electron chi connectivity index (χ2n) is 4.14. The average molecular weight is 338 g/mol. The summed E-state index contributed by atoms with van der Waals surface area (Å²) < 4.78 is 9.76. The normalized spacial score (nSPS) is 8.62. The van der Waals surface area contributed by atoms with Crippen molar-refractivity contribution in [3.05, 3.63) is 60.7 Å². The molecule has 1 aromatic rings. The van der Waals surface area contributed by atoms with Crippen molar-refractivity contribution in [2.24, 2.45) is 0 Å². The predicted molar refractivity (Wildman–Crippen MR) is 93.3 cm³/mol. The summed E-state index contributed by atoms with van der Waals surface area (Å²) in [4.78, 5) is 22.5. The molecule has 0 radical (unpaired) electrons. The minimum atomic E-state index is -1.18. The lowest BCUT2D eigenvalue weighted by atomic mass is 10.1. The lowest BCUT2D eigenvalue weighted by molar-refractivity contribution is 0.0255. The van der Waals surface area contributed by atoms with Gasteiger partial charge in [-0.25, -0.2) is 9.59 Å². The largest absolute Gasteiger partial charge is 0.478 e. The van der Waals surface area contributed by atoms with Gasteiger partial charge in [0.15, 0.2) is 0 Å². The van der Waals surface area contributed by atoms with Crippen LogP contribution in [-0.2, 0) is 9.47 Å². The maximum Gasteiger partial charge on any atom is 0.339 e. The quantitative estimate of drug-likeness (QED) is 0.451. The van der Waals surface area contributed by atoms with E-state index in [9.17, 15) is 9.59 Å². The number of aromatic carboxylic acids is 1. The smallest absolute Gasteiger partial charge is 0.339 e. The highest BCUT2D eigenvalue weighted by atomic mass is 16.6. The van der Waals surface area contributed by atoms with Crippen LogP contribution in [0.4, 0.5) is 0 Å². The standard InChI is InChI=1S/C12H14O6.2C3H6/c13-5-6-17-7-8-18-12(16)10-4-2-1-3-9(10)11(14)15;2*1-3-2/h1-4,13H,5-8H2,(H,14,15);2*3H,1H2,2H3. The Labute approximate surface area is 143 Å². The molecular weight excluding hydrogens is 312 g/mol. The third-order valence-corrected chi connectivity index (χ3v) is 2.07.